The zero-order chi connectivity index (χ0) is 17.8. The van der Waals surface area contributed by atoms with Gasteiger partial charge in [0.15, 0.2) is 0 Å². The van der Waals surface area contributed by atoms with Crippen LogP contribution in [0, 0.1) is 6.92 Å². The van der Waals surface area contributed by atoms with Gasteiger partial charge in [0.05, 0.1) is 16.3 Å². The van der Waals surface area contributed by atoms with Gasteiger partial charge in [-0.1, -0.05) is 5.46 Å². The van der Waals surface area contributed by atoms with Gasteiger partial charge in [0.1, 0.15) is 29.4 Å². The summed E-state index contributed by atoms with van der Waals surface area (Å²) < 4.78 is 1.37. The SMILES string of the molecule is Bc1cc(N)c2c(=O)n(C3(B)C(=O)NC(=O)CC3B)c(C)nc2c1. The Kier molecular flexibility index (Phi) is 3.58. The summed E-state index contributed by atoms with van der Waals surface area (Å²) in [7, 11) is 5.32. The lowest BCUT2D eigenvalue weighted by atomic mass is 9.56. The number of nitrogens with one attached hydrogen (secondary N) is 1. The van der Waals surface area contributed by atoms with Gasteiger partial charge in [-0.2, -0.15) is 0 Å². The molecule has 0 saturated carbocycles. The van der Waals surface area contributed by atoms with Gasteiger partial charge in [-0.25, -0.2) is 4.98 Å². The van der Waals surface area contributed by atoms with Crippen molar-refractivity contribution in [2.75, 3.05) is 5.73 Å². The number of nitrogens with two attached hydrogens (primary N) is 1. The maximum atomic E-state index is 13.1. The Morgan fingerprint density at radius 2 is 2.04 bits per heavy atom. The number of rotatable bonds is 1. The quantitative estimate of drug-likeness (QED) is 0.319. The molecule has 1 aromatic heterocycles. The Balaban J connectivity index is 2.36. The van der Waals surface area contributed by atoms with Crippen molar-refractivity contribution >= 4 is 57.4 Å². The van der Waals surface area contributed by atoms with E-state index in [1.54, 1.807) is 34.7 Å². The van der Waals surface area contributed by atoms with E-state index in [0.29, 0.717) is 22.4 Å². The number of hydrogen-bond acceptors (Lipinski definition) is 5. The lowest BCUT2D eigenvalue weighted by molar-refractivity contribution is -0.137. The molecule has 1 saturated heterocycles. The molecule has 2 heterocycles. The van der Waals surface area contributed by atoms with E-state index in [2.05, 4.69) is 10.3 Å². The van der Waals surface area contributed by atoms with Crippen LogP contribution in [-0.2, 0) is 15.0 Å². The average molecular weight is 322 g/mol. The second-order valence-electron chi connectivity index (χ2n) is 6.68. The molecule has 24 heavy (non-hydrogen) atoms. The summed E-state index contributed by atoms with van der Waals surface area (Å²) >= 11 is 0. The maximum absolute atomic E-state index is 13.1. The predicted octanol–water partition coefficient (Wildman–Crippen LogP) is -3.70. The Morgan fingerprint density at radius 1 is 1.38 bits per heavy atom. The van der Waals surface area contributed by atoms with Gasteiger partial charge in [0, 0.05) is 12.1 Å². The third-order valence-corrected chi connectivity index (χ3v) is 4.94. The van der Waals surface area contributed by atoms with Gasteiger partial charge in [-0.15, -0.1) is 0 Å². The summed E-state index contributed by atoms with van der Waals surface area (Å²) in [5, 5.41) is 2.62. The van der Waals surface area contributed by atoms with Gasteiger partial charge < -0.3 is 5.73 Å². The Bertz CT molecular complexity index is 958. The molecule has 2 amide bonds. The van der Waals surface area contributed by atoms with E-state index >= 15 is 0 Å². The van der Waals surface area contributed by atoms with Crippen LogP contribution in [0.5, 0.6) is 0 Å². The normalized spacial score (nSPS) is 24.1. The first-order chi connectivity index (χ1) is 11.2. The monoisotopic (exact) mass is 322 g/mol. The third kappa shape index (κ3) is 2.17. The number of carbonyl (C=O) groups excluding carboxylic acids is 2. The first-order valence-corrected chi connectivity index (χ1v) is 7.80. The van der Waals surface area contributed by atoms with Gasteiger partial charge in [-0.05, 0) is 24.9 Å². The van der Waals surface area contributed by atoms with Crippen molar-refractivity contribution in [2.45, 2.75) is 24.6 Å². The molecule has 1 aliphatic rings. The molecule has 120 valence electrons. The number of amides is 2. The standard InChI is InChI=1S/C14H17B3N4O3/c1-5-19-8-3-6(15)2-7(18)11(8)12(23)21(5)14(17)9(16)4-10(22)20-13(14)24/h2-3,9H,4,15-18H2,1H3,(H,20,22,24). The zero-order valence-corrected chi connectivity index (χ0v) is 14.1. The van der Waals surface area contributed by atoms with Crippen LogP contribution < -0.4 is 22.1 Å². The summed E-state index contributed by atoms with van der Waals surface area (Å²) in [6.07, 6.45) is 0.162. The predicted molar refractivity (Wildman–Crippen MR) is 99.9 cm³/mol. The highest BCUT2D eigenvalue weighted by atomic mass is 16.2. The van der Waals surface area contributed by atoms with Crippen LogP contribution >= 0.6 is 0 Å². The molecular weight excluding hydrogens is 305 g/mol. The molecule has 0 bridgehead atoms. The van der Waals surface area contributed by atoms with E-state index < -0.39 is 11.3 Å². The number of anilines is 1. The lowest BCUT2D eigenvalue weighted by Crippen LogP contribution is -2.61. The van der Waals surface area contributed by atoms with Crippen molar-refractivity contribution in [1.82, 2.24) is 14.9 Å². The average Bonchev–Trinajstić information content (AvgIpc) is 2.43. The molecule has 7 nitrogen and oxygen atoms in total. The number of aryl methyl sites for hydroxylation is 1. The Labute approximate surface area is 141 Å². The molecule has 2 atom stereocenters. The van der Waals surface area contributed by atoms with Gasteiger partial charge in [0.25, 0.3) is 5.56 Å². The van der Waals surface area contributed by atoms with E-state index in [1.165, 1.54) is 4.57 Å². The molecule has 0 radical (unpaired) electrons. The Hall–Kier alpha value is -2.51. The fourth-order valence-electron chi connectivity index (χ4n) is 3.47. The lowest BCUT2D eigenvalue weighted by Gasteiger charge is -2.40. The molecule has 3 rings (SSSR count). The fourth-order valence-corrected chi connectivity index (χ4v) is 3.47. The van der Waals surface area contributed by atoms with Crippen LogP contribution in [0.2, 0.25) is 5.82 Å². The van der Waals surface area contributed by atoms with E-state index in [-0.39, 0.29) is 23.7 Å². The number of carbonyl (C=O) groups is 2. The number of nitrogen functional groups attached to an aromatic ring is 1. The molecule has 2 aromatic rings. The van der Waals surface area contributed by atoms with Crippen molar-refractivity contribution in [3.63, 3.8) is 0 Å². The molecule has 1 aliphatic heterocycles. The van der Waals surface area contributed by atoms with Crippen LogP contribution in [0.4, 0.5) is 5.69 Å². The molecule has 10 heteroatoms. The highest BCUT2D eigenvalue weighted by Gasteiger charge is 2.47. The highest BCUT2D eigenvalue weighted by Crippen LogP contribution is 2.32. The van der Waals surface area contributed by atoms with Crippen LogP contribution in [0.1, 0.15) is 12.2 Å². The maximum Gasteiger partial charge on any atom is 0.263 e. The third-order valence-electron chi connectivity index (χ3n) is 4.94. The first kappa shape index (κ1) is 16.4. The number of fused-ring (bicyclic) bond motifs is 1. The second-order valence-corrected chi connectivity index (χ2v) is 6.68. The minimum Gasteiger partial charge on any atom is -0.398 e. The summed E-state index contributed by atoms with van der Waals surface area (Å²) in [5.41, 5.74) is 6.21. The van der Waals surface area contributed by atoms with Crippen LogP contribution in [0.15, 0.2) is 16.9 Å². The molecular formula is C14H17B3N4O3. The molecule has 0 aliphatic carbocycles. The second kappa shape index (κ2) is 5.26. The van der Waals surface area contributed by atoms with Gasteiger partial charge >= 0.3 is 0 Å². The number of aromatic nitrogens is 2. The minimum atomic E-state index is -1.20. The van der Waals surface area contributed by atoms with Crippen molar-refractivity contribution in [2.24, 2.45) is 0 Å². The van der Waals surface area contributed by atoms with Crippen molar-refractivity contribution < 1.29 is 9.59 Å². The summed E-state index contributed by atoms with van der Waals surface area (Å²) in [6.45, 7) is 1.68. The molecule has 1 fully saturated rings. The topological polar surface area (TPSA) is 107 Å². The summed E-state index contributed by atoms with van der Waals surface area (Å²) in [4.78, 5) is 41.8. The van der Waals surface area contributed by atoms with Crippen molar-refractivity contribution in [1.29, 1.82) is 0 Å². The fraction of sp³-hybridized carbons (Fsp3) is 0.286. The highest BCUT2D eigenvalue weighted by molar-refractivity contribution is 6.35. The molecule has 1 aromatic carbocycles. The number of imide groups is 1. The van der Waals surface area contributed by atoms with Crippen molar-refractivity contribution in [3.05, 3.63) is 28.3 Å². The molecule has 0 spiro atoms. The number of hydrogen-bond donors (Lipinski definition) is 2. The van der Waals surface area contributed by atoms with E-state index in [0.717, 1.165) is 5.46 Å². The van der Waals surface area contributed by atoms with Gasteiger partial charge in [-0.3, -0.25) is 24.3 Å². The first-order valence-electron chi connectivity index (χ1n) is 7.80. The zero-order valence-electron chi connectivity index (χ0n) is 14.1. The Morgan fingerprint density at radius 3 is 2.67 bits per heavy atom. The van der Waals surface area contributed by atoms with E-state index in [4.69, 9.17) is 5.73 Å². The largest absolute Gasteiger partial charge is 0.398 e. The molecule has 2 unspecified atom stereocenters. The molecule has 3 N–H and O–H groups in total. The summed E-state index contributed by atoms with van der Waals surface area (Å²) in [6, 6.07) is 3.50. The smallest absolute Gasteiger partial charge is 0.263 e. The summed E-state index contributed by atoms with van der Waals surface area (Å²) in [5.74, 6) is -0.764. The number of benzene rings is 1. The minimum absolute atomic E-state index is 0.162. The van der Waals surface area contributed by atoms with E-state index in [1.807, 2.05) is 7.85 Å². The van der Waals surface area contributed by atoms with E-state index in [9.17, 15) is 14.4 Å². The van der Waals surface area contributed by atoms with Crippen LogP contribution in [0.3, 0.4) is 0 Å². The number of nitrogens with zero attached hydrogens (tertiary/aromatic N) is 2. The van der Waals surface area contributed by atoms with Crippen molar-refractivity contribution in [3.8, 4) is 0 Å². The van der Waals surface area contributed by atoms with Crippen LogP contribution in [0.25, 0.3) is 10.9 Å². The number of piperidine rings is 1. The van der Waals surface area contributed by atoms with Gasteiger partial charge in [0.2, 0.25) is 11.8 Å². The van der Waals surface area contributed by atoms with Crippen LogP contribution in [-0.4, -0.2) is 44.9 Å².